The molecular formula is C27H33FN4O4S2. The Balaban J connectivity index is 1.65. The highest BCUT2D eigenvalue weighted by atomic mass is 32.2. The van der Waals surface area contributed by atoms with Crippen LogP contribution in [0.15, 0.2) is 42.7 Å². The number of ether oxygens (including phenoxy) is 1. The Kier molecular flexibility index (Phi) is 8.37. The van der Waals surface area contributed by atoms with Crippen LogP contribution in [0, 0.1) is 5.82 Å². The molecule has 1 fully saturated rings. The van der Waals surface area contributed by atoms with E-state index in [-0.39, 0.29) is 29.0 Å². The van der Waals surface area contributed by atoms with E-state index in [0.717, 1.165) is 15.4 Å². The topological polar surface area (TPSA) is 101 Å². The predicted molar refractivity (Wildman–Crippen MR) is 148 cm³/mol. The number of hydrogen-bond donors (Lipinski definition) is 1. The molecule has 0 bridgehead atoms. The van der Waals surface area contributed by atoms with E-state index in [0.29, 0.717) is 38.0 Å². The molecule has 38 heavy (non-hydrogen) atoms. The molecule has 8 nitrogen and oxygen atoms in total. The summed E-state index contributed by atoms with van der Waals surface area (Å²) in [6.07, 6.45) is 4.86. The van der Waals surface area contributed by atoms with Gasteiger partial charge in [-0.2, -0.15) is 0 Å². The summed E-state index contributed by atoms with van der Waals surface area (Å²) in [7, 11) is -3.66. The van der Waals surface area contributed by atoms with Crippen LogP contribution in [-0.4, -0.2) is 53.8 Å². The van der Waals surface area contributed by atoms with Crippen molar-refractivity contribution in [2.24, 2.45) is 0 Å². The number of nitrogens with zero attached hydrogens (tertiary/aromatic N) is 3. The van der Waals surface area contributed by atoms with E-state index in [1.54, 1.807) is 36.4 Å². The van der Waals surface area contributed by atoms with Gasteiger partial charge < -0.3 is 9.64 Å². The van der Waals surface area contributed by atoms with E-state index < -0.39 is 21.4 Å². The van der Waals surface area contributed by atoms with Gasteiger partial charge in [0.15, 0.2) is 5.82 Å². The van der Waals surface area contributed by atoms with Crippen LogP contribution in [0.5, 0.6) is 0 Å². The Morgan fingerprint density at radius 3 is 2.50 bits per heavy atom. The summed E-state index contributed by atoms with van der Waals surface area (Å²) in [4.78, 5) is 24.0. The molecule has 3 heterocycles. The molecule has 2 aromatic heterocycles. The summed E-state index contributed by atoms with van der Waals surface area (Å²) in [5, 5.41) is 0.854. The van der Waals surface area contributed by atoms with Crippen LogP contribution in [0.3, 0.4) is 0 Å². The van der Waals surface area contributed by atoms with Crippen LogP contribution in [0.4, 0.5) is 14.9 Å². The maximum absolute atomic E-state index is 15.7. The van der Waals surface area contributed by atoms with E-state index in [4.69, 9.17) is 9.72 Å². The molecule has 0 spiro atoms. The van der Waals surface area contributed by atoms with Gasteiger partial charge in [0.1, 0.15) is 5.60 Å². The quantitative estimate of drug-likeness (QED) is 0.365. The zero-order valence-corrected chi connectivity index (χ0v) is 23.7. The van der Waals surface area contributed by atoms with Gasteiger partial charge in [-0.3, -0.25) is 9.71 Å². The number of thiazole rings is 1. The fourth-order valence-electron chi connectivity index (χ4n) is 4.31. The van der Waals surface area contributed by atoms with Crippen molar-refractivity contribution in [1.82, 2.24) is 14.9 Å². The van der Waals surface area contributed by atoms with E-state index in [2.05, 4.69) is 9.71 Å². The van der Waals surface area contributed by atoms with Crippen LogP contribution < -0.4 is 4.72 Å². The Labute approximate surface area is 227 Å². The Hall–Kier alpha value is -3.05. The van der Waals surface area contributed by atoms with Crippen LogP contribution in [0.25, 0.3) is 21.7 Å². The normalized spacial score (nSPS) is 14.9. The molecule has 1 aliphatic rings. The lowest BCUT2D eigenvalue weighted by molar-refractivity contribution is 0.0204. The lowest BCUT2D eigenvalue weighted by Crippen LogP contribution is -2.41. The number of sulfonamides is 1. The summed E-state index contributed by atoms with van der Waals surface area (Å²) in [6.45, 7) is 8.38. The highest BCUT2D eigenvalue weighted by Crippen LogP contribution is 2.43. The van der Waals surface area contributed by atoms with Gasteiger partial charge in [-0.1, -0.05) is 13.0 Å². The third-order valence-corrected chi connectivity index (χ3v) is 8.82. The van der Waals surface area contributed by atoms with Crippen LogP contribution >= 0.6 is 11.3 Å². The molecule has 11 heteroatoms. The number of benzene rings is 1. The van der Waals surface area contributed by atoms with Gasteiger partial charge in [-0.05, 0) is 69.9 Å². The van der Waals surface area contributed by atoms with Crippen molar-refractivity contribution in [2.75, 3.05) is 23.6 Å². The van der Waals surface area contributed by atoms with Gasteiger partial charge in [0.25, 0.3) is 0 Å². The molecule has 1 N–H and O–H groups in total. The molecule has 0 unspecified atom stereocenters. The molecule has 0 atom stereocenters. The maximum atomic E-state index is 15.7. The Bertz CT molecular complexity index is 1380. The SMILES string of the molecule is CCCS(=O)(=O)Nc1cccc(-c2nc(C3CCN(C(=O)OC(C)(C)C)CC3)sc2-c2ccncc2)c1F. The minimum atomic E-state index is -3.66. The second-order valence-electron chi connectivity index (χ2n) is 10.3. The largest absolute Gasteiger partial charge is 0.444 e. The molecule has 1 saturated heterocycles. The van der Waals surface area contributed by atoms with Gasteiger partial charge in [0, 0.05) is 37.0 Å². The minimum Gasteiger partial charge on any atom is -0.444 e. The molecule has 0 radical (unpaired) electrons. The first-order chi connectivity index (χ1) is 18.0. The molecule has 1 amide bonds. The molecule has 4 rings (SSSR count). The zero-order chi connectivity index (χ0) is 27.5. The predicted octanol–water partition coefficient (Wildman–Crippen LogP) is 6.28. The summed E-state index contributed by atoms with van der Waals surface area (Å²) >= 11 is 1.49. The lowest BCUT2D eigenvalue weighted by Gasteiger charge is -2.32. The van der Waals surface area contributed by atoms with Crippen LogP contribution in [0.2, 0.25) is 0 Å². The van der Waals surface area contributed by atoms with Crippen molar-refractivity contribution >= 4 is 33.1 Å². The third kappa shape index (κ3) is 6.68. The average molecular weight is 561 g/mol. The monoisotopic (exact) mass is 560 g/mol. The van der Waals surface area contributed by atoms with Crippen LogP contribution in [-0.2, 0) is 14.8 Å². The lowest BCUT2D eigenvalue weighted by atomic mass is 9.97. The third-order valence-electron chi connectivity index (χ3n) is 6.07. The number of nitrogens with one attached hydrogen (secondary N) is 1. The van der Waals surface area contributed by atoms with Crippen LogP contribution in [0.1, 0.15) is 57.9 Å². The summed E-state index contributed by atoms with van der Waals surface area (Å²) in [5.41, 5.74) is 0.876. The highest BCUT2D eigenvalue weighted by molar-refractivity contribution is 7.92. The number of halogens is 1. The highest BCUT2D eigenvalue weighted by Gasteiger charge is 2.30. The number of pyridine rings is 1. The van der Waals surface area contributed by atoms with Gasteiger partial charge in [-0.15, -0.1) is 11.3 Å². The molecule has 1 aromatic carbocycles. The second kappa shape index (κ2) is 11.4. The van der Waals surface area contributed by atoms with E-state index in [1.165, 1.54) is 17.4 Å². The maximum Gasteiger partial charge on any atom is 0.410 e. The summed E-state index contributed by atoms with van der Waals surface area (Å²) < 4.78 is 48.2. The van der Waals surface area contributed by atoms with Crippen molar-refractivity contribution in [3.8, 4) is 21.7 Å². The number of carbonyl (C=O) groups excluding carboxylic acids is 1. The van der Waals surface area contributed by atoms with E-state index in [1.807, 2.05) is 32.9 Å². The number of anilines is 1. The molecule has 1 aliphatic heterocycles. The van der Waals surface area contributed by atoms with Crippen molar-refractivity contribution in [1.29, 1.82) is 0 Å². The summed E-state index contributed by atoms with van der Waals surface area (Å²) in [5.74, 6) is -0.664. The first kappa shape index (κ1) is 28.0. The van der Waals surface area contributed by atoms with Gasteiger partial charge >= 0.3 is 6.09 Å². The number of rotatable bonds is 7. The number of piperidine rings is 1. The number of carbonyl (C=O) groups is 1. The number of aromatic nitrogens is 2. The molecule has 0 aliphatic carbocycles. The van der Waals surface area contributed by atoms with Gasteiger partial charge in [0.05, 0.1) is 27.0 Å². The van der Waals surface area contributed by atoms with Crippen molar-refractivity contribution in [3.63, 3.8) is 0 Å². The smallest absolute Gasteiger partial charge is 0.410 e. The number of hydrogen-bond acceptors (Lipinski definition) is 7. The van der Waals surface area contributed by atoms with Crippen molar-refractivity contribution in [3.05, 3.63) is 53.6 Å². The molecule has 204 valence electrons. The standard InChI is InChI=1S/C27H33FN4O4S2/c1-5-17-38(34,35)31-21-8-6-7-20(22(21)28)23-24(18-9-13-29-14-10-18)37-25(30-23)19-11-15-32(16-12-19)26(33)36-27(2,3)4/h6-10,13-14,19,31H,5,11-12,15-17H2,1-4H3. The minimum absolute atomic E-state index is 0.0955. The Morgan fingerprint density at radius 2 is 1.87 bits per heavy atom. The molecular weight excluding hydrogens is 527 g/mol. The average Bonchev–Trinajstić information content (AvgIpc) is 3.30. The second-order valence-corrected chi connectivity index (χ2v) is 13.2. The van der Waals surface area contributed by atoms with Crippen molar-refractivity contribution in [2.45, 2.75) is 58.5 Å². The van der Waals surface area contributed by atoms with E-state index >= 15 is 4.39 Å². The van der Waals surface area contributed by atoms with Gasteiger partial charge in [-0.25, -0.2) is 22.6 Å². The molecule has 3 aromatic rings. The fraction of sp³-hybridized carbons (Fsp3) is 0.444. The Morgan fingerprint density at radius 1 is 1.18 bits per heavy atom. The number of likely N-dealkylation sites (tertiary alicyclic amines) is 1. The van der Waals surface area contributed by atoms with E-state index in [9.17, 15) is 13.2 Å². The molecule has 0 saturated carbocycles. The number of amides is 1. The fourth-order valence-corrected chi connectivity index (χ4v) is 6.70. The summed E-state index contributed by atoms with van der Waals surface area (Å²) in [6, 6.07) is 8.34. The van der Waals surface area contributed by atoms with Gasteiger partial charge in [0.2, 0.25) is 10.0 Å². The first-order valence-electron chi connectivity index (χ1n) is 12.7. The van der Waals surface area contributed by atoms with Crippen molar-refractivity contribution < 1.29 is 22.3 Å². The zero-order valence-electron chi connectivity index (χ0n) is 22.0. The first-order valence-corrected chi connectivity index (χ1v) is 15.1.